The molecule has 0 amide bonds. The Labute approximate surface area is 94.6 Å². The molecule has 77 valence electrons. The fraction of sp³-hybridized carbons (Fsp3) is 0.231. The van der Waals surface area contributed by atoms with E-state index in [0.29, 0.717) is 0 Å². The van der Waals surface area contributed by atoms with Crippen LogP contribution in [0.1, 0.15) is 17.5 Å². The average Bonchev–Trinajstić information content (AvgIpc) is 2.66. The fourth-order valence-corrected chi connectivity index (χ4v) is 2.29. The Morgan fingerprint density at radius 1 is 1.13 bits per heavy atom. The largest absolute Gasteiger partial charge is 0.398 e. The molecule has 1 aromatic carbocycles. The van der Waals surface area contributed by atoms with E-state index in [1.54, 1.807) is 11.3 Å². The van der Waals surface area contributed by atoms with Crippen LogP contribution in [0.25, 0.3) is 0 Å². The first kappa shape index (κ1) is 10.2. The molecule has 0 unspecified atom stereocenters. The maximum Gasteiger partial charge on any atom is 0.0499 e. The zero-order valence-electron chi connectivity index (χ0n) is 8.57. The highest BCUT2D eigenvalue weighted by Crippen LogP contribution is 2.18. The van der Waals surface area contributed by atoms with Crippen molar-refractivity contribution in [2.45, 2.75) is 19.3 Å². The van der Waals surface area contributed by atoms with Crippen molar-refractivity contribution in [3.63, 3.8) is 0 Å². The van der Waals surface area contributed by atoms with Crippen LogP contribution in [0.2, 0.25) is 0 Å². The van der Waals surface area contributed by atoms with E-state index in [2.05, 4.69) is 29.6 Å². The molecule has 1 radical (unpaired) electrons. The highest BCUT2D eigenvalue weighted by atomic mass is 32.1. The number of aryl methyl sites for hydroxylation is 2. The molecule has 2 N–H and O–H groups in total. The first-order valence-corrected chi connectivity index (χ1v) is 6.01. The molecule has 0 saturated carbocycles. The maximum absolute atomic E-state index is 5.80. The van der Waals surface area contributed by atoms with Crippen LogP contribution in [0.3, 0.4) is 0 Å². The monoisotopic (exact) mass is 216 g/mol. The van der Waals surface area contributed by atoms with Crippen LogP contribution in [-0.2, 0) is 12.8 Å². The molecule has 0 bridgehead atoms. The summed E-state index contributed by atoms with van der Waals surface area (Å²) in [5.41, 5.74) is 9.27. The van der Waals surface area contributed by atoms with Crippen molar-refractivity contribution in [2.75, 3.05) is 5.73 Å². The molecule has 0 atom stereocenters. The highest BCUT2D eigenvalue weighted by Gasteiger charge is 2.00. The molecule has 1 aromatic heterocycles. The molecule has 2 aromatic rings. The lowest BCUT2D eigenvalue weighted by atomic mass is 10.1. The summed E-state index contributed by atoms with van der Waals surface area (Å²) in [6, 6.07) is 10.6. The Kier molecular flexibility index (Phi) is 3.41. The predicted molar refractivity (Wildman–Crippen MR) is 66.0 cm³/mol. The summed E-state index contributed by atoms with van der Waals surface area (Å²) in [6.45, 7) is 0. The van der Waals surface area contributed by atoms with Crippen molar-refractivity contribution >= 4 is 17.0 Å². The van der Waals surface area contributed by atoms with Crippen LogP contribution < -0.4 is 5.73 Å². The van der Waals surface area contributed by atoms with Crippen LogP contribution in [0.15, 0.2) is 35.7 Å². The van der Waals surface area contributed by atoms with E-state index in [1.165, 1.54) is 11.1 Å². The molecule has 15 heavy (non-hydrogen) atoms. The number of nitrogen functional groups attached to an aromatic ring is 1. The van der Waals surface area contributed by atoms with E-state index >= 15 is 0 Å². The standard InChI is InChI=1S/C13H14NS/c14-13-10-15-9-12(13)8-4-7-11-5-2-1-3-6-11/h1-3,5-6,10H,4,7-8,14H2. The smallest absolute Gasteiger partial charge is 0.0499 e. The van der Waals surface area contributed by atoms with Gasteiger partial charge in [0.1, 0.15) is 0 Å². The molecule has 0 saturated heterocycles. The molecule has 0 aliphatic heterocycles. The van der Waals surface area contributed by atoms with Gasteiger partial charge in [-0.15, -0.1) is 11.3 Å². The van der Waals surface area contributed by atoms with Crippen molar-refractivity contribution in [3.05, 3.63) is 52.2 Å². The normalized spacial score (nSPS) is 10.4. The summed E-state index contributed by atoms with van der Waals surface area (Å²) in [5, 5.41) is 5.16. The third-order valence-corrected chi connectivity index (χ3v) is 3.19. The zero-order chi connectivity index (χ0) is 10.5. The van der Waals surface area contributed by atoms with E-state index in [9.17, 15) is 0 Å². The van der Waals surface area contributed by atoms with Crippen molar-refractivity contribution in [1.82, 2.24) is 0 Å². The SMILES string of the molecule is Nc1cs[c]c1CCCc1ccccc1. The van der Waals surface area contributed by atoms with Gasteiger partial charge in [0.05, 0.1) is 0 Å². The van der Waals surface area contributed by atoms with Crippen LogP contribution in [0, 0.1) is 5.38 Å². The fourth-order valence-electron chi connectivity index (χ4n) is 1.60. The van der Waals surface area contributed by atoms with E-state index < -0.39 is 0 Å². The minimum atomic E-state index is 0.896. The number of hydrogen-bond donors (Lipinski definition) is 1. The van der Waals surface area contributed by atoms with Crippen LogP contribution >= 0.6 is 11.3 Å². The molecule has 0 spiro atoms. The molecule has 0 aliphatic rings. The van der Waals surface area contributed by atoms with Gasteiger partial charge in [0.25, 0.3) is 0 Å². The predicted octanol–water partition coefficient (Wildman–Crippen LogP) is 3.31. The molecule has 1 nitrogen and oxygen atoms in total. The van der Waals surface area contributed by atoms with Gasteiger partial charge in [-0.25, -0.2) is 0 Å². The molecular weight excluding hydrogens is 202 g/mol. The Hall–Kier alpha value is -1.28. The lowest BCUT2D eigenvalue weighted by molar-refractivity contribution is 0.824. The minimum absolute atomic E-state index is 0.896. The second-order valence-electron chi connectivity index (χ2n) is 3.61. The van der Waals surface area contributed by atoms with Gasteiger partial charge in [0.15, 0.2) is 0 Å². The Morgan fingerprint density at radius 2 is 1.93 bits per heavy atom. The van der Waals surface area contributed by atoms with Gasteiger partial charge in [-0.3, -0.25) is 0 Å². The molecule has 0 aliphatic carbocycles. The van der Waals surface area contributed by atoms with Crippen LogP contribution in [0.4, 0.5) is 5.69 Å². The molecule has 0 fully saturated rings. The Bertz CT molecular complexity index is 405. The van der Waals surface area contributed by atoms with Gasteiger partial charge in [-0.05, 0) is 30.4 Å². The second-order valence-corrected chi connectivity index (χ2v) is 4.29. The van der Waals surface area contributed by atoms with Gasteiger partial charge in [-0.1, -0.05) is 30.3 Å². The summed E-state index contributed by atoms with van der Waals surface area (Å²) >= 11 is 1.56. The summed E-state index contributed by atoms with van der Waals surface area (Å²) < 4.78 is 0. The van der Waals surface area contributed by atoms with E-state index in [4.69, 9.17) is 5.73 Å². The minimum Gasteiger partial charge on any atom is -0.398 e. The number of rotatable bonds is 4. The molecule has 2 rings (SSSR count). The van der Waals surface area contributed by atoms with Crippen LogP contribution in [0.5, 0.6) is 0 Å². The number of anilines is 1. The highest BCUT2D eigenvalue weighted by molar-refractivity contribution is 7.08. The van der Waals surface area contributed by atoms with Crippen molar-refractivity contribution in [3.8, 4) is 0 Å². The third-order valence-electron chi connectivity index (χ3n) is 2.45. The van der Waals surface area contributed by atoms with Crippen LogP contribution in [-0.4, -0.2) is 0 Å². The van der Waals surface area contributed by atoms with Crippen molar-refractivity contribution in [1.29, 1.82) is 0 Å². The van der Waals surface area contributed by atoms with Gasteiger partial charge in [0, 0.05) is 16.4 Å². The lowest BCUT2D eigenvalue weighted by Crippen LogP contribution is -1.92. The first-order chi connectivity index (χ1) is 7.36. The van der Waals surface area contributed by atoms with Crippen molar-refractivity contribution in [2.24, 2.45) is 0 Å². The summed E-state index contributed by atoms with van der Waals surface area (Å²) in [6.07, 6.45) is 3.29. The first-order valence-electron chi connectivity index (χ1n) is 5.13. The molecule has 1 heterocycles. The van der Waals surface area contributed by atoms with Gasteiger partial charge < -0.3 is 5.73 Å². The zero-order valence-corrected chi connectivity index (χ0v) is 9.39. The third kappa shape index (κ3) is 2.83. The van der Waals surface area contributed by atoms with Gasteiger partial charge >= 0.3 is 0 Å². The van der Waals surface area contributed by atoms with E-state index in [1.807, 2.05) is 11.4 Å². The number of hydrogen-bond acceptors (Lipinski definition) is 2. The molecular formula is C13H14NS. The molecule has 2 heteroatoms. The maximum atomic E-state index is 5.80. The van der Waals surface area contributed by atoms with E-state index in [-0.39, 0.29) is 0 Å². The number of benzene rings is 1. The van der Waals surface area contributed by atoms with E-state index in [0.717, 1.165) is 24.9 Å². The summed E-state index contributed by atoms with van der Waals surface area (Å²) in [5.74, 6) is 0. The number of thiophene rings is 1. The number of nitrogens with two attached hydrogens (primary N) is 1. The summed E-state index contributed by atoms with van der Waals surface area (Å²) in [7, 11) is 0. The summed E-state index contributed by atoms with van der Waals surface area (Å²) in [4.78, 5) is 0. The Balaban J connectivity index is 1.83. The Morgan fingerprint density at radius 3 is 2.60 bits per heavy atom. The van der Waals surface area contributed by atoms with Gasteiger partial charge in [0.2, 0.25) is 0 Å². The average molecular weight is 216 g/mol. The van der Waals surface area contributed by atoms with Crippen molar-refractivity contribution < 1.29 is 0 Å². The lowest BCUT2D eigenvalue weighted by Gasteiger charge is -2.01. The van der Waals surface area contributed by atoms with Gasteiger partial charge in [-0.2, -0.15) is 0 Å². The quantitative estimate of drug-likeness (QED) is 0.833. The topological polar surface area (TPSA) is 26.0 Å². The second kappa shape index (κ2) is 4.99.